The Hall–Kier alpha value is -2.27. The second-order valence-corrected chi connectivity index (χ2v) is 5.38. The summed E-state index contributed by atoms with van der Waals surface area (Å²) in [6.07, 6.45) is 1.58. The van der Waals surface area contributed by atoms with Crippen molar-refractivity contribution in [3.63, 3.8) is 0 Å². The Morgan fingerprint density at radius 1 is 1.32 bits per heavy atom. The van der Waals surface area contributed by atoms with Crippen molar-refractivity contribution in [2.45, 2.75) is 19.4 Å². The van der Waals surface area contributed by atoms with Crippen LogP contribution in [0.25, 0.3) is 0 Å². The van der Waals surface area contributed by atoms with Gasteiger partial charge >= 0.3 is 5.97 Å². The predicted molar refractivity (Wildman–Crippen MR) is 83.8 cm³/mol. The van der Waals surface area contributed by atoms with Gasteiger partial charge < -0.3 is 15.0 Å². The number of aryl methyl sites for hydroxylation is 1. The first-order chi connectivity index (χ1) is 10.5. The fourth-order valence-corrected chi connectivity index (χ4v) is 2.20. The summed E-state index contributed by atoms with van der Waals surface area (Å²) in [7, 11) is 1.32. The highest BCUT2D eigenvalue weighted by Crippen LogP contribution is 2.19. The van der Waals surface area contributed by atoms with Gasteiger partial charge in [0.1, 0.15) is 5.69 Å². The van der Waals surface area contributed by atoms with E-state index in [1.165, 1.54) is 19.4 Å². The Morgan fingerprint density at radius 2 is 2.00 bits per heavy atom. The summed E-state index contributed by atoms with van der Waals surface area (Å²) >= 11 is 5.80. The van der Waals surface area contributed by atoms with Crippen molar-refractivity contribution < 1.29 is 14.3 Å². The first kappa shape index (κ1) is 16.1. The quantitative estimate of drug-likeness (QED) is 0.832. The Morgan fingerprint density at radius 3 is 2.55 bits per heavy atom. The minimum atomic E-state index is -0.470. The lowest BCUT2D eigenvalue weighted by molar-refractivity contribution is -0.141. The molecule has 0 aliphatic carbocycles. The molecule has 6 heteroatoms. The van der Waals surface area contributed by atoms with Gasteiger partial charge in [0.25, 0.3) is 5.91 Å². The molecule has 2 aromatic rings. The molecule has 2 N–H and O–H groups in total. The van der Waals surface area contributed by atoms with E-state index in [9.17, 15) is 9.59 Å². The van der Waals surface area contributed by atoms with Crippen molar-refractivity contribution >= 4 is 23.5 Å². The number of carbonyl (C=O) groups excluding carboxylic acids is 2. The predicted octanol–water partition coefficient (Wildman–Crippen LogP) is 3.01. The number of aromatic amines is 1. The molecule has 0 fully saturated rings. The molecule has 0 saturated carbocycles. The minimum Gasteiger partial charge on any atom is -0.469 e. The van der Waals surface area contributed by atoms with Crippen LogP contribution in [-0.4, -0.2) is 24.0 Å². The number of hydrogen-bond acceptors (Lipinski definition) is 3. The van der Waals surface area contributed by atoms with Crippen molar-refractivity contribution in [3.8, 4) is 0 Å². The van der Waals surface area contributed by atoms with Crippen LogP contribution >= 0.6 is 11.6 Å². The number of ether oxygens (including phenoxy) is 1. The van der Waals surface area contributed by atoms with Crippen molar-refractivity contribution in [1.82, 2.24) is 10.3 Å². The van der Waals surface area contributed by atoms with Crippen LogP contribution < -0.4 is 5.32 Å². The number of benzene rings is 1. The summed E-state index contributed by atoms with van der Waals surface area (Å²) in [5.74, 6) is -0.725. The maximum Gasteiger partial charge on any atom is 0.307 e. The zero-order chi connectivity index (χ0) is 16.1. The zero-order valence-electron chi connectivity index (χ0n) is 12.4. The molecule has 1 amide bonds. The van der Waals surface area contributed by atoms with Gasteiger partial charge in [0, 0.05) is 6.20 Å². The summed E-state index contributed by atoms with van der Waals surface area (Å²) in [6, 6.07) is 8.67. The molecule has 22 heavy (non-hydrogen) atoms. The van der Waals surface area contributed by atoms with Crippen LogP contribution in [0.2, 0.25) is 5.02 Å². The maximum atomic E-state index is 12.2. The number of esters is 1. The van der Waals surface area contributed by atoms with Gasteiger partial charge in [0.05, 0.1) is 24.6 Å². The van der Waals surface area contributed by atoms with Crippen LogP contribution in [0.3, 0.4) is 0 Å². The van der Waals surface area contributed by atoms with E-state index in [0.29, 0.717) is 10.7 Å². The number of carbonyl (C=O) groups is 2. The highest BCUT2D eigenvalue weighted by molar-refractivity contribution is 6.30. The third kappa shape index (κ3) is 4.11. The topological polar surface area (TPSA) is 71.2 Å². The van der Waals surface area contributed by atoms with Crippen molar-refractivity contribution in [2.75, 3.05) is 7.11 Å². The van der Waals surface area contributed by atoms with E-state index in [1.54, 1.807) is 0 Å². The van der Waals surface area contributed by atoms with Gasteiger partial charge in [0.15, 0.2) is 0 Å². The van der Waals surface area contributed by atoms with E-state index in [4.69, 9.17) is 16.3 Å². The molecule has 1 unspecified atom stereocenters. The number of halogens is 1. The highest BCUT2D eigenvalue weighted by Gasteiger charge is 2.20. The molecular formula is C16H17ClN2O3. The van der Waals surface area contributed by atoms with Crippen molar-refractivity contribution in [1.29, 1.82) is 0 Å². The number of H-pyrrole nitrogens is 1. The maximum absolute atomic E-state index is 12.2. The zero-order valence-corrected chi connectivity index (χ0v) is 13.1. The normalized spacial score (nSPS) is 11.8. The first-order valence-electron chi connectivity index (χ1n) is 6.77. The highest BCUT2D eigenvalue weighted by atomic mass is 35.5. The van der Waals surface area contributed by atoms with E-state index >= 15 is 0 Å². The molecule has 1 aromatic carbocycles. The fraction of sp³-hybridized carbons (Fsp3) is 0.250. The molecular weight excluding hydrogens is 304 g/mol. The Kier molecular flexibility index (Phi) is 5.22. The summed E-state index contributed by atoms with van der Waals surface area (Å²) in [5.41, 5.74) is 2.28. The van der Waals surface area contributed by atoms with E-state index in [2.05, 4.69) is 10.3 Å². The molecule has 0 spiro atoms. The van der Waals surface area contributed by atoms with Crippen LogP contribution in [0.5, 0.6) is 0 Å². The van der Waals surface area contributed by atoms with Gasteiger partial charge in [-0.3, -0.25) is 9.59 Å². The molecule has 0 saturated heterocycles. The molecule has 0 radical (unpaired) electrons. The number of rotatable bonds is 5. The van der Waals surface area contributed by atoms with E-state index < -0.39 is 12.0 Å². The lowest BCUT2D eigenvalue weighted by atomic mass is 10.0. The van der Waals surface area contributed by atoms with Gasteiger partial charge in [-0.1, -0.05) is 41.4 Å². The van der Waals surface area contributed by atoms with Crippen LogP contribution in [0.15, 0.2) is 36.5 Å². The summed E-state index contributed by atoms with van der Waals surface area (Å²) in [5, 5.41) is 3.27. The lowest BCUT2D eigenvalue weighted by Crippen LogP contribution is -2.30. The molecule has 116 valence electrons. The summed E-state index contributed by atoms with van der Waals surface area (Å²) < 4.78 is 4.70. The van der Waals surface area contributed by atoms with Gasteiger partial charge in [-0.25, -0.2) is 0 Å². The second kappa shape index (κ2) is 7.13. The number of nitrogens with one attached hydrogen (secondary N) is 2. The molecule has 0 aliphatic rings. The average Bonchev–Trinajstić information content (AvgIpc) is 2.94. The van der Waals surface area contributed by atoms with Crippen molar-refractivity contribution in [2.24, 2.45) is 0 Å². The van der Waals surface area contributed by atoms with Crippen LogP contribution in [0, 0.1) is 6.92 Å². The van der Waals surface area contributed by atoms with Gasteiger partial charge in [0.2, 0.25) is 0 Å². The van der Waals surface area contributed by atoms with E-state index in [0.717, 1.165) is 11.1 Å². The Balaban J connectivity index is 2.18. The molecule has 1 aromatic heterocycles. The second-order valence-electron chi connectivity index (χ2n) is 4.95. The summed E-state index contributed by atoms with van der Waals surface area (Å²) in [6.45, 7) is 1.97. The lowest BCUT2D eigenvalue weighted by Gasteiger charge is -2.18. The standard InChI is InChI=1S/C16H17ClN2O3/c1-10-3-5-11(6-4-10)13(8-15(20)22-2)19-16(21)14-7-12(17)9-18-14/h3-7,9,13,18H,8H2,1-2H3,(H,19,21). The number of amides is 1. The molecule has 5 nitrogen and oxygen atoms in total. The smallest absolute Gasteiger partial charge is 0.307 e. The summed E-state index contributed by atoms with van der Waals surface area (Å²) in [4.78, 5) is 26.6. The van der Waals surface area contributed by atoms with E-state index in [1.807, 2.05) is 31.2 Å². The number of aromatic nitrogens is 1. The third-order valence-corrected chi connectivity index (χ3v) is 3.49. The van der Waals surface area contributed by atoms with Gasteiger partial charge in [-0.2, -0.15) is 0 Å². The molecule has 2 rings (SSSR count). The van der Waals surface area contributed by atoms with Gasteiger partial charge in [-0.15, -0.1) is 0 Å². The molecule has 1 heterocycles. The molecule has 0 aliphatic heterocycles. The number of methoxy groups -OCH3 is 1. The Labute approximate surface area is 133 Å². The van der Waals surface area contributed by atoms with E-state index in [-0.39, 0.29) is 12.3 Å². The fourth-order valence-electron chi connectivity index (χ4n) is 2.04. The third-order valence-electron chi connectivity index (χ3n) is 3.28. The van der Waals surface area contributed by atoms with Gasteiger partial charge in [-0.05, 0) is 18.6 Å². The monoisotopic (exact) mass is 320 g/mol. The number of hydrogen-bond donors (Lipinski definition) is 2. The van der Waals surface area contributed by atoms with Crippen LogP contribution in [0.1, 0.15) is 34.1 Å². The van der Waals surface area contributed by atoms with Crippen molar-refractivity contribution in [3.05, 3.63) is 58.4 Å². The molecule has 0 bridgehead atoms. The van der Waals surface area contributed by atoms with Crippen LogP contribution in [0.4, 0.5) is 0 Å². The molecule has 1 atom stereocenters. The minimum absolute atomic E-state index is 0.0553. The SMILES string of the molecule is COC(=O)CC(NC(=O)c1cc(Cl)c[nH]1)c1ccc(C)cc1. The van der Waals surface area contributed by atoms with Crippen LogP contribution in [-0.2, 0) is 9.53 Å². The largest absolute Gasteiger partial charge is 0.469 e. The Bertz CT molecular complexity index is 664. The average molecular weight is 321 g/mol. The first-order valence-corrected chi connectivity index (χ1v) is 7.15.